The molecule has 0 heterocycles. The van der Waals surface area contributed by atoms with Crippen molar-refractivity contribution < 1.29 is 14.3 Å². The first-order valence-electron chi connectivity index (χ1n) is 8.36. The summed E-state index contributed by atoms with van der Waals surface area (Å²) in [6.07, 6.45) is -0.663. The topological polar surface area (TPSA) is 55.4 Å². The number of hydrogen-bond donors (Lipinski definition) is 1. The van der Waals surface area contributed by atoms with Gasteiger partial charge in [-0.3, -0.25) is 9.59 Å². The number of ether oxygens (including phenoxy) is 1. The molecule has 1 amide bonds. The molecule has 2 rings (SSSR count). The maximum absolute atomic E-state index is 12.4. The number of hydrogen-bond acceptors (Lipinski definition) is 3. The molecule has 1 N–H and O–H groups in total. The molecule has 0 saturated heterocycles. The minimum absolute atomic E-state index is 0.0421. The standard InChI is InChI=1S/C21H25NO3/c1-14(23)16-9-8-10-17(13-16)22-20(24)15(2)25-19-12-7-6-11-18(19)21(3,4)5/h6-13,15H,1-5H3,(H,22,24). The van der Waals surface area contributed by atoms with E-state index in [1.807, 2.05) is 24.3 Å². The Morgan fingerprint density at radius 1 is 1.04 bits per heavy atom. The minimum atomic E-state index is -0.663. The Labute approximate surface area is 149 Å². The Kier molecular flexibility index (Phi) is 5.62. The monoisotopic (exact) mass is 339 g/mol. The van der Waals surface area contributed by atoms with Gasteiger partial charge >= 0.3 is 0 Å². The summed E-state index contributed by atoms with van der Waals surface area (Å²) in [7, 11) is 0. The molecule has 1 unspecified atom stereocenters. The summed E-state index contributed by atoms with van der Waals surface area (Å²) >= 11 is 0. The molecule has 0 aromatic heterocycles. The van der Waals surface area contributed by atoms with E-state index in [1.165, 1.54) is 6.92 Å². The first kappa shape index (κ1) is 18.7. The van der Waals surface area contributed by atoms with Crippen molar-refractivity contribution in [1.82, 2.24) is 0 Å². The average molecular weight is 339 g/mol. The molecule has 0 spiro atoms. The first-order valence-corrected chi connectivity index (χ1v) is 8.36. The van der Waals surface area contributed by atoms with E-state index in [0.29, 0.717) is 17.0 Å². The Balaban J connectivity index is 2.12. The Morgan fingerprint density at radius 2 is 1.72 bits per heavy atom. The van der Waals surface area contributed by atoms with Gasteiger partial charge in [0.1, 0.15) is 5.75 Å². The smallest absolute Gasteiger partial charge is 0.265 e. The molecule has 132 valence electrons. The molecular weight excluding hydrogens is 314 g/mol. The van der Waals surface area contributed by atoms with Crippen molar-refractivity contribution in [3.63, 3.8) is 0 Å². The molecule has 0 bridgehead atoms. The van der Waals surface area contributed by atoms with Crippen LogP contribution in [0.2, 0.25) is 0 Å². The molecule has 4 nitrogen and oxygen atoms in total. The van der Waals surface area contributed by atoms with E-state index in [2.05, 4.69) is 26.1 Å². The lowest BCUT2D eigenvalue weighted by molar-refractivity contribution is -0.122. The van der Waals surface area contributed by atoms with E-state index in [9.17, 15) is 9.59 Å². The van der Waals surface area contributed by atoms with Crippen molar-refractivity contribution in [3.05, 3.63) is 59.7 Å². The summed E-state index contributed by atoms with van der Waals surface area (Å²) < 4.78 is 5.90. The second-order valence-electron chi connectivity index (χ2n) is 7.13. The van der Waals surface area contributed by atoms with Gasteiger partial charge in [0.05, 0.1) is 0 Å². The second-order valence-corrected chi connectivity index (χ2v) is 7.13. The maximum atomic E-state index is 12.4. The molecule has 4 heteroatoms. The summed E-state index contributed by atoms with van der Waals surface area (Å²) in [4.78, 5) is 23.9. The number of ketones is 1. The van der Waals surface area contributed by atoms with Gasteiger partial charge in [-0.2, -0.15) is 0 Å². The van der Waals surface area contributed by atoms with Crippen LogP contribution in [0.25, 0.3) is 0 Å². The fourth-order valence-corrected chi connectivity index (χ4v) is 2.49. The van der Waals surface area contributed by atoms with E-state index < -0.39 is 6.10 Å². The minimum Gasteiger partial charge on any atom is -0.481 e. The van der Waals surface area contributed by atoms with Crippen molar-refractivity contribution in [1.29, 1.82) is 0 Å². The van der Waals surface area contributed by atoms with Crippen LogP contribution < -0.4 is 10.1 Å². The summed E-state index contributed by atoms with van der Waals surface area (Å²) in [6, 6.07) is 14.6. The molecule has 0 aliphatic rings. The zero-order valence-corrected chi connectivity index (χ0v) is 15.4. The van der Waals surface area contributed by atoms with Crippen molar-refractivity contribution >= 4 is 17.4 Å². The predicted octanol–water partition coefficient (Wildman–Crippen LogP) is 4.59. The van der Waals surface area contributed by atoms with Crippen molar-refractivity contribution in [2.24, 2.45) is 0 Å². The van der Waals surface area contributed by atoms with Gasteiger partial charge in [-0.05, 0) is 43.0 Å². The van der Waals surface area contributed by atoms with Crippen LogP contribution in [0.1, 0.15) is 50.5 Å². The highest BCUT2D eigenvalue weighted by molar-refractivity contribution is 5.98. The molecule has 25 heavy (non-hydrogen) atoms. The fourth-order valence-electron chi connectivity index (χ4n) is 2.49. The Morgan fingerprint density at radius 3 is 2.36 bits per heavy atom. The Bertz CT molecular complexity index is 775. The highest BCUT2D eigenvalue weighted by Gasteiger charge is 2.22. The third kappa shape index (κ3) is 4.92. The van der Waals surface area contributed by atoms with Crippen LogP contribution >= 0.6 is 0 Å². The van der Waals surface area contributed by atoms with Crippen LogP contribution in [0.3, 0.4) is 0 Å². The van der Waals surface area contributed by atoms with E-state index in [1.54, 1.807) is 31.2 Å². The van der Waals surface area contributed by atoms with Crippen LogP contribution in [0, 0.1) is 0 Å². The van der Waals surface area contributed by atoms with Gasteiger partial charge in [0.2, 0.25) is 0 Å². The van der Waals surface area contributed by atoms with Gasteiger partial charge in [0.25, 0.3) is 5.91 Å². The Hall–Kier alpha value is -2.62. The predicted molar refractivity (Wildman–Crippen MR) is 100 cm³/mol. The lowest BCUT2D eigenvalue weighted by Gasteiger charge is -2.24. The van der Waals surface area contributed by atoms with Crippen LogP contribution in [0.5, 0.6) is 5.75 Å². The maximum Gasteiger partial charge on any atom is 0.265 e. The molecule has 0 aliphatic carbocycles. The van der Waals surface area contributed by atoms with Crippen LogP contribution in [-0.2, 0) is 10.2 Å². The van der Waals surface area contributed by atoms with Gasteiger partial charge in [0.15, 0.2) is 11.9 Å². The quantitative estimate of drug-likeness (QED) is 0.810. The number of nitrogens with one attached hydrogen (secondary N) is 1. The SMILES string of the molecule is CC(=O)c1cccc(NC(=O)C(C)Oc2ccccc2C(C)(C)C)c1. The van der Waals surface area contributed by atoms with Crippen LogP contribution in [0.15, 0.2) is 48.5 Å². The third-order valence-corrected chi connectivity index (χ3v) is 3.90. The van der Waals surface area contributed by atoms with E-state index in [0.717, 1.165) is 5.56 Å². The number of amides is 1. The van der Waals surface area contributed by atoms with E-state index in [4.69, 9.17) is 4.74 Å². The highest BCUT2D eigenvalue weighted by Crippen LogP contribution is 2.31. The van der Waals surface area contributed by atoms with Gasteiger partial charge in [0, 0.05) is 11.3 Å². The number of anilines is 1. The van der Waals surface area contributed by atoms with Gasteiger partial charge in [-0.1, -0.05) is 51.1 Å². The molecule has 0 saturated carbocycles. The molecule has 0 radical (unpaired) electrons. The average Bonchev–Trinajstić information content (AvgIpc) is 2.54. The largest absolute Gasteiger partial charge is 0.481 e. The molecule has 2 aromatic rings. The molecule has 2 aromatic carbocycles. The van der Waals surface area contributed by atoms with E-state index in [-0.39, 0.29) is 17.1 Å². The summed E-state index contributed by atoms with van der Waals surface area (Å²) in [5, 5.41) is 2.80. The number of para-hydroxylation sites is 1. The molecule has 0 fully saturated rings. The summed E-state index contributed by atoms with van der Waals surface area (Å²) in [6.45, 7) is 9.52. The highest BCUT2D eigenvalue weighted by atomic mass is 16.5. The van der Waals surface area contributed by atoms with Gasteiger partial charge in [-0.25, -0.2) is 0 Å². The number of carbonyl (C=O) groups is 2. The zero-order valence-electron chi connectivity index (χ0n) is 15.4. The van der Waals surface area contributed by atoms with Crippen molar-refractivity contribution in [2.75, 3.05) is 5.32 Å². The summed E-state index contributed by atoms with van der Waals surface area (Å²) in [5.74, 6) is 0.402. The fraction of sp³-hybridized carbons (Fsp3) is 0.333. The number of Topliss-reactive ketones (excluding diaryl/α,β-unsaturated/α-hetero) is 1. The molecule has 1 atom stereocenters. The zero-order chi connectivity index (χ0) is 18.6. The third-order valence-electron chi connectivity index (χ3n) is 3.90. The number of rotatable bonds is 5. The van der Waals surface area contributed by atoms with E-state index >= 15 is 0 Å². The first-order chi connectivity index (χ1) is 11.7. The number of carbonyl (C=O) groups excluding carboxylic acids is 2. The van der Waals surface area contributed by atoms with Gasteiger partial charge in [-0.15, -0.1) is 0 Å². The van der Waals surface area contributed by atoms with Crippen LogP contribution in [0.4, 0.5) is 5.69 Å². The molecular formula is C21H25NO3. The summed E-state index contributed by atoms with van der Waals surface area (Å²) in [5.41, 5.74) is 2.11. The lowest BCUT2D eigenvalue weighted by Crippen LogP contribution is -2.31. The van der Waals surface area contributed by atoms with Crippen molar-refractivity contribution in [2.45, 2.75) is 46.1 Å². The van der Waals surface area contributed by atoms with Crippen molar-refractivity contribution in [3.8, 4) is 5.75 Å². The second kappa shape index (κ2) is 7.51. The normalized spacial score (nSPS) is 12.4. The molecule has 0 aliphatic heterocycles. The van der Waals surface area contributed by atoms with Crippen LogP contribution in [-0.4, -0.2) is 17.8 Å². The number of benzene rings is 2. The van der Waals surface area contributed by atoms with Gasteiger partial charge < -0.3 is 10.1 Å². The lowest BCUT2D eigenvalue weighted by atomic mass is 9.86.